The predicted octanol–water partition coefficient (Wildman–Crippen LogP) is 1.52. The lowest BCUT2D eigenvalue weighted by Crippen LogP contribution is -2.21. The molecule has 0 unspecified atom stereocenters. The second-order valence-electron chi connectivity index (χ2n) is 4.24. The van der Waals surface area contributed by atoms with Crippen LogP contribution >= 0.6 is 0 Å². The number of para-hydroxylation sites is 1. The molecule has 102 valence electrons. The molecule has 0 spiro atoms. The van der Waals surface area contributed by atoms with E-state index in [0.29, 0.717) is 18.5 Å². The number of carbonyl (C=O) groups excluding carboxylic acids is 1. The van der Waals surface area contributed by atoms with Crippen molar-refractivity contribution < 1.29 is 4.79 Å². The molecule has 1 aromatic rings. The SMILES string of the molecule is CN(C)C(=O)CCc1ccccc1NN=C(C#N)C#N. The summed E-state index contributed by atoms with van der Waals surface area (Å²) in [5, 5.41) is 20.9. The van der Waals surface area contributed by atoms with Crippen LogP contribution in [-0.2, 0) is 11.2 Å². The number of nitrogens with zero attached hydrogens (tertiary/aromatic N) is 4. The van der Waals surface area contributed by atoms with Crippen LogP contribution in [0.1, 0.15) is 12.0 Å². The number of hydrogen-bond donors (Lipinski definition) is 1. The molecule has 0 aliphatic carbocycles. The van der Waals surface area contributed by atoms with E-state index >= 15 is 0 Å². The van der Waals surface area contributed by atoms with E-state index in [1.54, 1.807) is 32.3 Å². The minimum atomic E-state index is -0.246. The molecule has 6 nitrogen and oxygen atoms in total. The zero-order valence-electron chi connectivity index (χ0n) is 11.4. The topological polar surface area (TPSA) is 92.3 Å². The summed E-state index contributed by atoms with van der Waals surface area (Å²) in [5.74, 6) is 0.0399. The summed E-state index contributed by atoms with van der Waals surface area (Å²) < 4.78 is 0. The predicted molar refractivity (Wildman–Crippen MR) is 75.7 cm³/mol. The van der Waals surface area contributed by atoms with Gasteiger partial charge in [0.2, 0.25) is 11.6 Å². The largest absolute Gasteiger partial charge is 0.349 e. The first-order chi connectivity index (χ1) is 9.58. The fourth-order valence-corrected chi connectivity index (χ4v) is 1.50. The highest BCUT2D eigenvalue weighted by atomic mass is 16.2. The van der Waals surface area contributed by atoms with Crippen LogP contribution in [0, 0.1) is 22.7 Å². The monoisotopic (exact) mass is 269 g/mol. The Hall–Kier alpha value is -2.86. The molecule has 6 heteroatoms. The zero-order chi connectivity index (χ0) is 15.0. The molecule has 0 aromatic heterocycles. The summed E-state index contributed by atoms with van der Waals surface area (Å²) in [6.07, 6.45) is 0.947. The summed E-state index contributed by atoms with van der Waals surface area (Å²) in [6.45, 7) is 0. The van der Waals surface area contributed by atoms with Crippen molar-refractivity contribution in [3.8, 4) is 12.1 Å². The van der Waals surface area contributed by atoms with E-state index < -0.39 is 0 Å². The van der Waals surface area contributed by atoms with Crippen LogP contribution in [0.25, 0.3) is 0 Å². The average molecular weight is 269 g/mol. The van der Waals surface area contributed by atoms with Crippen molar-refractivity contribution in [2.45, 2.75) is 12.8 Å². The molecule has 0 radical (unpaired) electrons. The quantitative estimate of drug-likeness (QED) is 0.648. The lowest BCUT2D eigenvalue weighted by atomic mass is 10.1. The smallest absolute Gasteiger partial charge is 0.237 e. The van der Waals surface area contributed by atoms with Gasteiger partial charge in [0.15, 0.2) is 0 Å². The second kappa shape index (κ2) is 7.55. The minimum Gasteiger partial charge on any atom is -0.349 e. The fourth-order valence-electron chi connectivity index (χ4n) is 1.50. The van der Waals surface area contributed by atoms with Crippen LogP contribution in [0.15, 0.2) is 29.4 Å². The highest BCUT2D eigenvalue weighted by Gasteiger charge is 2.07. The number of anilines is 1. The first-order valence-corrected chi connectivity index (χ1v) is 6.00. The minimum absolute atomic E-state index is 0.0399. The molecule has 1 amide bonds. The summed E-state index contributed by atoms with van der Waals surface area (Å²) in [6, 6.07) is 10.7. The van der Waals surface area contributed by atoms with E-state index in [9.17, 15) is 4.79 Å². The Morgan fingerprint density at radius 2 is 1.95 bits per heavy atom. The highest BCUT2D eigenvalue weighted by molar-refractivity contribution is 6.10. The van der Waals surface area contributed by atoms with Crippen LogP contribution in [-0.4, -0.2) is 30.6 Å². The first kappa shape index (κ1) is 15.2. The molecular weight excluding hydrogens is 254 g/mol. The van der Waals surface area contributed by atoms with Gasteiger partial charge >= 0.3 is 0 Å². The Balaban J connectivity index is 2.79. The summed E-state index contributed by atoms with van der Waals surface area (Å²) in [7, 11) is 3.42. The summed E-state index contributed by atoms with van der Waals surface area (Å²) in [4.78, 5) is 13.1. The number of nitriles is 2. The Morgan fingerprint density at radius 1 is 1.30 bits per heavy atom. The zero-order valence-corrected chi connectivity index (χ0v) is 11.4. The van der Waals surface area contributed by atoms with Crippen LogP contribution in [0.2, 0.25) is 0 Å². The number of nitrogens with one attached hydrogen (secondary N) is 1. The molecule has 0 atom stereocenters. The average Bonchev–Trinajstić information content (AvgIpc) is 2.46. The Labute approximate surface area is 117 Å². The number of benzene rings is 1. The second-order valence-corrected chi connectivity index (χ2v) is 4.24. The van der Waals surface area contributed by atoms with Crippen molar-refractivity contribution >= 4 is 17.3 Å². The number of carbonyl (C=O) groups is 1. The third-order valence-electron chi connectivity index (χ3n) is 2.62. The lowest BCUT2D eigenvalue weighted by Gasteiger charge is -2.11. The number of rotatable bonds is 5. The van der Waals surface area contributed by atoms with E-state index in [2.05, 4.69) is 10.5 Å². The number of amides is 1. The molecule has 0 saturated carbocycles. The molecule has 0 saturated heterocycles. The molecule has 1 N–H and O–H groups in total. The standard InChI is InChI=1S/C14H15N5O/c1-19(2)14(20)8-7-11-5-3-4-6-13(11)18-17-12(9-15)10-16/h3-6,18H,7-8H2,1-2H3. The number of aryl methyl sites for hydroxylation is 1. The van der Waals surface area contributed by atoms with Gasteiger partial charge in [0.05, 0.1) is 5.69 Å². The lowest BCUT2D eigenvalue weighted by molar-refractivity contribution is -0.128. The highest BCUT2D eigenvalue weighted by Crippen LogP contribution is 2.17. The summed E-state index contributed by atoms with van der Waals surface area (Å²) >= 11 is 0. The van der Waals surface area contributed by atoms with Crippen molar-refractivity contribution in [1.82, 2.24) is 4.90 Å². The first-order valence-electron chi connectivity index (χ1n) is 6.00. The fraction of sp³-hybridized carbons (Fsp3) is 0.286. The van der Waals surface area contributed by atoms with E-state index in [-0.39, 0.29) is 11.6 Å². The molecule has 20 heavy (non-hydrogen) atoms. The third-order valence-corrected chi connectivity index (χ3v) is 2.62. The van der Waals surface area contributed by atoms with Gasteiger partial charge in [0, 0.05) is 20.5 Å². The summed E-state index contributed by atoms with van der Waals surface area (Å²) in [5.41, 5.74) is 4.03. The van der Waals surface area contributed by atoms with Crippen molar-refractivity contribution in [1.29, 1.82) is 10.5 Å². The third kappa shape index (κ3) is 4.43. The molecule has 0 aliphatic heterocycles. The van der Waals surface area contributed by atoms with Crippen LogP contribution in [0.4, 0.5) is 5.69 Å². The molecule has 1 aromatic carbocycles. The van der Waals surface area contributed by atoms with Gasteiger partial charge in [0.25, 0.3) is 0 Å². The van der Waals surface area contributed by atoms with Crippen LogP contribution in [0.3, 0.4) is 0 Å². The maximum atomic E-state index is 11.6. The van der Waals surface area contributed by atoms with E-state index in [1.165, 1.54) is 4.90 Å². The normalized spacial score (nSPS) is 9.00. The Morgan fingerprint density at radius 3 is 2.55 bits per heavy atom. The van der Waals surface area contributed by atoms with Gasteiger partial charge in [0.1, 0.15) is 12.1 Å². The van der Waals surface area contributed by atoms with E-state index in [1.807, 2.05) is 18.2 Å². The molecule has 0 fully saturated rings. The van der Waals surface area contributed by atoms with Gasteiger partial charge in [-0.2, -0.15) is 15.6 Å². The van der Waals surface area contributed by atoms with Crippen molar-refractivity contribution in [3.05, 3.63) is 29.8 Å². The van der Waals surface area contributed by atoms with Crippen molar-refractivity contribution in [3.63, 3.8) is 0 Å². The van der Waals surface area contributed by atoms with Gasteiger partial charge in [-0.3, -0.25) is 10.2 Å². The Kier molecular flexibility index (Phi) is 5.74. The molecule has 0 heterocycles. The number of hydrazone groups is 1. The van der Waals surface area contributed by atoms with Gasteiger partial charge in [-0.1, -0.05) is 18.2 Å². The van der Waals surface area contributed by atoms with Crippen LogP contribution < -0.4 is 5.43 Å². The van der Waals surface area contributed by atoms with E-state index in [0.717, 1.165) is 5.56 Å². The van der Waals surface area contributed by atoms with Crippen molar-refractivity contribution in [2.24, 2.45) is 5.10 Å². The van der Waals surface area contributed by atoms with Gasteiger partial charge in [-0.25, -0.2) is 0 Å². The maximum Gasteiger partial charge on any atom is 0.237 e. The van der Waals surface area contributed by atoms with Crippen molar-refractivity contribution in [2.75, 3.05) is 19.5 Å². The van der Waals surface area contributed by atoms with Crippen LogP contribution in [0.5, 0.6) is 0 Å². The Bertz CT molecular complexity index is 576. The molecule has 0 aliphatic rings. The molecule has 1 rings (SSSR count). The van der Waals surface area contributed by atoms with Gasteiger partial charge in [-0.15, -0.1) is 0 Å². The van der Waals surface area contributed by atoms with E-state index in [4.69, 9.17) is 10.5 Å². The molecular formula is C14H15N5O. The maximum absolute atomic E-state index is 11.6. The van der Waals surface area contributed by atoms with Gasteiger partial charge in [-0.05, 0) is 18.1 Å². The molecule has 0 bridgehead atoms. The van der Waals surface area contributed by atoms with Gasteiger partial charge < -0.3 is 4.90 Å². The number of hydrogen-bond acceptors (Lipinski definition) is 5.